The molecule has 0 aliphatic heterocycles. The number of nitrogens with one attached hydrogen (secondary N) is 2. The van der Waals surface area contributed by atoms with Crippen molar-refractivity contribution in [1.29, 1.82) is 0 Å². The molecule has 0 fully saturated rings. The lowest BCUT2D eigenvalue weighted by Gasteiger charge is -2.14. The topological polar surface area (TPSA) is 67.4 Å². The van der Waals surface area contributed by atoms with Crippen LogP contribution in [0.4, 0.5) is 11.4 Å². The zero-order valence-corrected chi connectivity index (χ0v) is 19.2. The molecular formula is C22H26BrClN2O3. The monoisotopic (exact) mass is 480 g/mol. The summed E-state index contributed by atoms with van der Waals surface area (Å²) in [6.07, 6.45) is 2.24. The predicted octanol–water partition coefficient (Wildman–Crippen LogP) is 6.37. The molecule has 0 heterocycles. The van der Waals surface area contributed by atoms with Gasteiger partial charge in [0.2, 0.25) is 5.91 Å². The molecule has 2 amide bonds. The normalized spacial score (nSPS) is 11.6. The van der Waals surface area contributed by atoms with Crippen molar-refractivity contribution in [2.24, 2.45) is 0 Å². The van der Waals surface area contributed by atoms with Gasteiger partial charge in [0, 0.05) is 12.1 Å². The number of ether oxygens (including phenoxy) is 1. The minimum absolute atomic E-state index is 0.0823. The molecule has 29 heavy (non-hydrogen) atoms. The second-order valence-electron chi connectivity index (χ2n) is 6.83. The molecule has 2 rings (SSSR count). The number of amides is 2. The van der Waals surface area contributed by atoms with Crippen LogP contribution in [0.3, 0.4) is 0 Å². The van der Waals surface area contributed by atoms with Crippen LogP contribution in [0.15, 0.2) is 40.9 Å². The van der Waals surface area contributed by atoms with Gasteiger partial charge in [-0.05, 0) is 70.6 Å². The van der Waals surface area contributed by atoms with Crippen molar-refractivity contribution in [3.05, 3.63) is 51.5 Å². The third kappa shape index (κ3) is 7.05. The molecule has 0 aliphatic rings. The maximum absolute atomic E-state index is 12.3. The molecule has 1 atom stereocenters. The standard InChI is InChI=1S/C22H26BrClN2O3/c1-4-6-21(27)25-16-8-9-18(24)19(12-16)26-22(28)13-29-20-10-7-15(11-17(20)23)14(3)5-2/h7-12,14H,4-6,13H2,1-3H3,(H,25,27)(H,26,28). The van der Waals surface area contributed by atoms with Crippen LogP contribution in [0.1, 0.15) is 51.5 Å². The summed E-state index contributed by atoms with van der Waals surface area (Å²) in [5, 5.41) is 5.88. The summed E-state index contributed by atoms with van der Waals surface area (Å²) >= 11 is 9.67. The number of halogens is 2. The van der Waals surface area contributed by atoms with Gasteiger partial charge in [-0.15, -0.1) is 0 Å². The Morgan fingerprint density at radius 2 is 1.86 bits per heavy atom. The molecule has 5 nitrogen and oxygen atoms in total. The van der Waals surface area contributed by atoms with Gasteiger partial charge < -0.3 is 15.4 Å². The van der Waals surface area contributed by atoms with Crippen molar-refractivity contribution >= 4 is 50.7 Å². The Balaban J connectivity index is 1.98. The van der Waals surface area contributed by atoms with Gasteiger partial charge in [-0.2, -0.15) is 0 Å². The van der Waals surface area contributed by atoms with E-state index in [2.05, 4.69) is 40.4 Å². The average molecular weight is 482 g/mol. The third-order valence-corrected chi connectivity index (χ3v) is 5.45. The number of benzene rings is 2. The third-order valence-electron chi connectivity index (χ3n) is 4.50. The van der Waals surface area contributed by atoms with Gasteiger partial charge in [-0.3, -0.25) is 9.59 Å². The number of carbonyl (C=O) groups is 2. The first kappa shape index (κ1) is 23.2. The number of hydrogen-bond donors (Lipinski definition) is 2. The molecule has 0 aromatic heterocycles. The fourth-order valence-electron chi connectivity index (χ4n) is 2.66. The Bertz CT molecular complexity index is 873. The van der Waals surface area contributed by atoms with Gasteiger partial charge in [0.15, 0.2) is 6.61 Å². The zero-order chi connectivity index (χ0) is 21.4. The first-order valence-corrected chi connectivity index (χ1v) is 10.8. The lowest BCUT2D eigenvalue weighted by atomic mass is 9.99. The molecule has 0 radical (unpaired) electrons. The SMILES string of the molecule is CCCC(=O)Nc1ccc(Cl)c(NC(=O)COc2ccc(C(C)CC)cc2Br)c1. The minimum Gasteiger partial charge on any atom is -0.483 e. The van der Waals surface area contributed by atoms with Crippen molar-refractivity contribution in [2.75, 3.05) is 17.2 Å². The lowest BCUT2D eigenvalue weighted by molar-refractivity contribution is -0.118. The van der Waals surface area contributed by atoms with Crippen LogP contribution in [0.5, 0.6) is 5.75 Å². The van der Waals surface area contributed by atoms with Crippen LogP contribution in [-0.4, -0.2) is 18.4 Å². The van der Waals surface area contributed by atoms with Crippen LogP contribution >= 0.6 is 27.5 Å². The van der Waals surface area contributed by atoms with Crippen molar-refractivity contribution in [3.63, 3.8) is 0 Å². The molecule has 2 aromatic carbocycles. The van der Waals surface area contributed by atoms with Crippen molar-refractivity contribution in [2.45, 2.75) is 46.0 Å². The molecule has 0 spiro atoms. The summed E-state index contributed by atoms with van der Waals surface area (Å²) in [6, 6.07) is 10.8. The summed E-state index contributed by atoms with van der Waals surface area (Å²) in [4.78, 5) is 24.1. The van der Waals surface area contributed by atoms with Crippen LogP contribution < -0.4 is 15.4 Å². The quantitative estimate of drug-likeness (QED) is 0.437. The molecule has 0 saturated carbocycles. The highest BCUT2D eigenvalue weighted by molar-refractivity contribution is 9.10. The van der Waals surface area contributed by atoms with E-state index >= 15 is 0 Å². The number of rotatable bonds is 9. The molecule has 7 heteroatoms. The Morgan fingerprint density at radius 3 is 2.52 bits per heavy atom. The summed E-state index contributed by atoms with van der Waals surface area (Å²) in [7, 11) is 0. The first-order valence-electron chi connectivity index (χ1n) is 9.65. The Hall–Kier alpha value is -2.05. The highest BCUT2D eigenvalue weighted by Crippen LogP contribution is 2.30. The van der Waals surface area contributed by atoms with Gasteiger partial charge in [0.1, 0.15) is 5.75 Å². The smallest absolute Gasteiger partial charge is 0.262 e. The summed E-state index contributed by atoms with van der Waals surface area (Å²) < 4.78 is 6.44. The van der Waals surface area contributed by atoms with Crippen LogP contribution in [0.2, 0.25) is 5.02 Å². The number of anilines is 2. The van der Waals surface area contributed by atoms with E-state index in [9.17, 15) is 9.59 Å². The van der Waals surface area contributed by atoms with E-state index < -0.39 is 0 Å². The van der Waals surface area contributed by atoms with E-state index in [4.69, 9.17) is 16.3 Å². The summed E-state index contributed by atoms with van der Waals surface area (Å²) in [5.74, 6) is 0.623. The average Bonchev–Trinajstić information content (AvgIpc) is 2.69. The summed E-state index contributed by atoms with van der Waals surface area (Å²) in [6.45, 7) is 6.08. The van der Waals surface area contributed by atoms with E-state index in [1.807, 2.05) is 25.1 Å². The van der Waals surface area contributed by atoms with Gasteiger partial charge >= 0.3 is 0 Å². The van der Waals surface area contributed by atoms with E-state index in [1.54, 1.807) is 18.2 Å². The predicted molar refractivity (Wildman–Crippen MR) is 122 cm³/mol. The fraction of sp³-hybridized carbons (Fsp3) is 0.364. The molecule has 0 saturated heterocycles. The van der Waals surface area contributed by atoms with Crippen LogP contribution in [0.25, 0.3) is 0 Å². The highest BCUT2D eigenvalue weighted by Gasteiger charge is 2.12. The molecule has 1 unspecified atom stereocenters. The van der Waals surface area contributed by atoms with Gasteiger partial charge in [-0.25, -0.2) is 0 Å². The van der Waals surface area contributed by atoms with E-state index in [1.165, 1.54) is 5.56 Å². The zero-order valence-electron chi connectivity index (χ0n) is 16.9. The van der Waals surface area contributed by atoms with Crippen molar-refractivity contribution in [1.82, 2.24) is 0 Å². The van der Waals surface area contributed by atoms with Gasteiger partial charge in [0.05, 0.1) is 15.2 Å². The lowest BCUT2D eigenvalue weighted by Crippen LogP contribution is -2.20. The molecule has 0 aliphatic carbocycles. The maximum Gasteiger partial charge on any atom is 0.262 e. The Labute approximate surface area is 185 Å². The largest absolute Gasteiger partial charge is 0.483 e. The minimum atomic E-state index is -0.346. The Kier molecular flexibility index (Phi) is 8.99. The van der Waals surface area contributed by atoms with Crippen molar-refractivity contribution < 1.29 is 14.3 Å². The van der Waals surface area contributed by atoms with Gasteiger partial charge in [-0.1, -0.05) is 38.4 Å². The highest BCUT2D eigenvalue weighted by atomic mass is 79.9. The summed E-state index contributed by atoms with van der Waals surface area (Å²) in [5.41, 5.74) is 2.21. The maximum atomic E-state index is 12.3. The second kappa shape index (κ2) is 11.2. The van der Waals surface area contributed by atoms with E-state index in [-0.39, 0.29) is 18.4 Å². The first-order chi connectivity index (χ1) is 13.8. The molecular weight excluding hydrogens is 456 g/mol. The van der Waals surface area contributed by atoms with Crippen LogP contribution in [-0.2, 0) is 9.59 Å². The molecule has 2 N–H and O–H groups in total. The van der Waals surface area contributed by atoms with E-state index in [0.717, 1.165) is 17.3 Å². The van der Waals surface area contributed by atoms with E-state index in [0.29, 0.717) is 34.5 Å². The molecule has 0 bridgehead atoms. The fourth-order valence-corrected chi connectivity index (χ4v) is 3.33. The molecule has 156 valence electrons. The van der Waals surface area contributed by atoms with Crippen molar-refractivity contribution in [3.8, 4) is 5.75 Å². The van der Waals surface area contributed by atoms with Crippen LogP contribution in [0, 0.1) is 0 Å². The number of carbonyl (C=O) groups excluding carboxylic acids is 2. The number of hydrogen-bond acceptors (Lipinski definition) is 3. The second-order valence-corrected chi connectivity index (χ2v) is 8.09. The Morgan fingerprint density at radius 1 is 1.10 bits per heavy atom. The van der Waals surface area contributed by atoms with Gasteiger partial charge in [0.25, 0.3) is 5.91 Å². The molecule has 2 aromatic rings.